The van der Waals surface area contributed by atoms with Gasteiger partial charge in [0.1, 0.15) is 0 Å². The molecule has 0 bridgehead atoms. The summed E-state index contributed by atoms with van der Waals surface area (Å²) in [6.07, 6.45) is 4.25. The molecule has 96 valence electrons. The predicted octanol–water partition coefficient (Wildman–Crippen LogP) is 5.51. The third-order valence-corrected chi connectivity index (χ3v) is 5.32. The number of rotatable bonds is 1. The molecule has 0 aromatic heterocycles. The van der Waals surface area contributed by atoms with Gasteiger partial charge in [-0.05, 0) is 47.8 Å². The molecule has 0 N–H and O–H groups in total. The fourth-order valence-electron chi connectivity index (χ4n) is 3.39. The van der Waals surface area contributed by atoms with Gasteiger partial charge in [-0.2, -0.15) is 0 Å². The van der Waals surface area contributed by atoms with Crippen LogP contribution in [0.4, 0.5) is 0 Å². The molecule has 16 heavy (non-hydrogen) atoms. The molecule has 0 spiro atoms. The van der Waals surface area contributed by atoms with Gasteiger partial charge in [-0.3, -0.25) is 0 Å². The standard InChI is InChI=1S/C15H29Br/c1-14(2,3)12-8-7-11(10-16)9-13(12)15(4,5)6/h11-13H,7-10H2,1-6H3. The zero-order valence-electron chi connectivity index (χ0n) is 11.9. The van der Waals surface area contributed by atoms with Crippen LogP contribution in [0.5, 0.6) is 0 Å². The second kappa shape index (κ2) is 5.00. The fourth-order valence-corrected chi connectivity index (χ4v) is 3.98. The topological polar surface area (TPSA) is 0 Å². The molecule has 0 heterocycles. The van der Waals surface area contributed by atoms with E-state index in [4.69, 9.17) is 0 Å². The van der Waals surface area contributed by atoms with Crippen molar-refractivity contribution in [1.82, 2.24) is 0 Å². The lowest BCUT2D eigenvalue weighted by Crippen LogP contribution is -2.40. The van der Waals surface area contributed by atoms with E-state index in [2.05, 4.69) is 57.5 Å². The van der Waals surface area contributed by atoms with Gasteiger partial charge in [0.15, 0.2) is 0 Å². The van der Waals surface area contributed by atoms with Crippen LogP contribution in [-0.2, 0) is 0 Å². The molecule has 1 aliphatic rings. The number of halogens is 1. The molecule has 1 heteroatoms. The molecule has 0 radical (unpaired) electrons. The van der Waals surface area contributed by atoms with Crippen LogP contribution in [0.15, 0.2) is 0 Å². The van der Waals surface area contributed by atoms with Crippen molar-refractivity contribution in [2.24, 2.45) is 28.6 Å². The second-order valence-electron chi connectivity index (χ2n) is 7.78. The highest BCUT2D eigenvalue weighted by Crippen LogP contribution is 2.50. The minimum atomic E-state index is 0.457. The molecule has 0 amide bonds. The molecule has 1 rings (SSSR count). The van der Waals surface area contributed by atoms with E-state index in [0.29, 0.717) is 10.8 Å². The van der Waals surface area contributed by atoms with Crippen LogP contribution in [-0.4, -0.2) is 5.33 Å². The quantitative estimate of drug-likeness (QED) is 0.559. The van der Waals surface area contributed by atoms with Crippen molar-refractivity contribution < 1.29 is 0 Å². The van der Waals surface area contributed by atoms with Crippen molar-refractivity contribution in [3.63, 3.8) is 0 Å². The first-order chi connectivity index (χ1) is 7.16. The van der Waals surface area contributed by atoms with Crippen molar-refractivity contribution >= 4 is 15.9 Å². The smallest absolute Gasteiger partial charge is 0.00597 e. The van der Waals surface area contributed by atoms with Crippen molar-refractivity contribution in [3.8, 4) is 0 Å². The molecule has 1 aliphatic carbocycles. The van der Waals surface area contributed by atoms with Crippen LogP contribution in [0.1, 0.15) is 60.8 Å². The summed E-state index contributed by atoms with van der Waals surface area (Å²) in [6, 6.07) is 0. The molecule has 0 aliphatic heterocycles. The lowest BCUT2D eigenvalue weighted by molar-refractivity contribution is 0.0162. The Labute approximate surface area is 111 Å². The Morgan fingerprint density at radius 1 is 0.875 bits per heavy atom. The molecule has 0 aromatic rings. The molecule has 1 saturated carbocycles. The Hall–Kier alpha value is 0.480. The van der Waals surface area contributed by atoms with Gasteiger partial charge in [0.2, 0.25) is 0 Å². The summed E-state index contributed by atoms with van der Waals surface area (Å²) in [5.74, 6) is 2.68. The molecular weight excluding hydrogens is 260 g/mol. The van der Waals surface area contributed by atoms with E-state index in [1.165, 1.54) is 24.6 Å². The monoisotopic (exact) mass is 288 g/mol. The van der Waals surface area contributed by atoms with Crippen molar-refractivity contribution in [1.29, 1.82) is 0 Å². The highest BCUT2D eigenvalue weighted by atomic mass is 79.9. The Bertz CT molecular complexity index is 219. The lowest BCUT2D eigenvalue weighted by Gasteiger charge is -2.48. The minimum Gasteiger partial charge on any atom is -0.0925 e. The first-order valence-electron chi connectivity index (χ1n) is 6.72. The van der Waals surface area contributed by atoms with Gasteiger partial charge in [0.25, 0.3) is 0 Å². The first-order valence-corrected chi connectivity index (χ1v) is 7.84. The van der Waals surface area contributed by atoms with Crippen molar-refractivity contribution in [3.05, 3.63) is 0 Å². The summed E-state index contributed by atoms with van der Waals surface area (Å²) in [5.41, 5.74) is 0.925. The van der Waals surface area contributed by atoms with Gasteiger partial charge in [-0.1, -0.05) is 57.5 Å². The molecule has 3 atom stereocenters. The largest absolute Gasteiger partial charge is 0.0925 e. The minimum absolute atomic E-state index is 0.457. The van der Waals surface area contributed by atoms with Crippen LogP contribution >= 0.6 is 15.9 Å². The van der Waals surface area contributed by atoms with E-state index in [1.807, 2.05) is 0 Å². The second-order valence-corrected chi connectivity index (χ2v) is 8.43. The normalized spacial score (nSPS) is 32.8. The summed E-state index contributed by atoms with van der Waals surface area (Å²) in [4.78, 5) is 0. The Balaban J connectivity index is 2.85. The molecule has 3 unspecified atom stereocenters. The van der Waals surface area contributed by atoms with Gasteiger partial charge >= 0.3 is 0 Å². The number of hydrogen-bond donors (Lipinski definition) is 0. The molecule has 0 aromatic carbocycles. The van der Waals surface area contributed by atoms with E-state index >= 15 is 0 Å². The zero-order chi connectivity index (χ0) is 12.6. The van der Waals surface area contributed by atoms with Gasteiger partial charge in [0, 0.05) is 5.33 Å². The van der Waals surface area contributed by atoms with Crippen molar-refractivity contribution in [2.75, 3.05) is 5.33 Å². The average molecular weight is 289 g/mol. The number of alkyl halides is 1. The lowest BCUT2D eigenvalue weighted by atomic mass is 9.57. The maximum Gasteiger partial charge on any atom is 0.00597 e. The van der Waals surface area contributed by atoms with Crippen molar-refractivity contribution in [2.45, 2.75) is 60.8 Å². The third kappa shape index (κ3) is 3.48. The summed E-state index contributed by atoms with van der Waals surface area (Å²) in [6.45, 7) is 14.5. The summed E-state index contributed by atoms with van der Waals surface area (Å²) >= 11 is 3.68. The Morgan fingerprint density at radius 3 is 1.75 bits per heavy atom. The highest BCUT2D eigenvalue weighted by molar-refractivity contribution is 9.09. The van der Waals surface area contributed by atoms with E-state index in [1.54, 1.807) is 0 Å². The highest BCUT2D eigenvalue weighted by Gasteiger charge is 2.42. The predicted molar refractivity (Wildman–Crippen MR) is 77.0 cm³/mol. The Morgan fingerprint density at radius 2 is 1.38 bits per heavy atom. The summed E-state index contributed by atoms with van der Waals surface area (Å²) in [7, 11) is 0. The van der Waals surface area contributed by atoms with E-state index < -0.39 is 0 Å². The van der Waals surface area contributed by atoms with Crippen LogP contribution in [0, 0.1) is 28.6 Å². The summed E-state index contributed by atoms with van der Waals surface area (Å²) in [5, 5.41) is 1.19. The maximum atomic E-state index is 3.68. The van der Waals surface area contributed by atoms with Gasteiger partial charge < -0.3 is 0 Å². The van der Waals surface area contributed by atoms with Crippen LogP contribution in [0.3, 0.4) is 0 Å². The SMILES string of the molecule is CC(C)(C)C1CCC(CBr)CC1C(C)(C)C. The first kappa shape index (κ1) is 14.5. The molecule has 0 nitrogen and oxygen atoms in total. The Kier molecular flexibility index (Phi) is 4.54. The maximum absolute atomic E-state index is 3.68. The van der Waals surface area contributed by atoms with E-state index in [0.717, 1.165) is 17.8 Å². The number of hydrogen-bond acceptors (Lipinski definition) is 0. The molecule has 1 fully saturated rings. The fraction of sp³-hybridized carbons (Fsp3) is 1.00. The van der Waals surface area contributed by atoms with Crippen LogP contribution in [0.25, 0.3) is 0 Å². The van der Waals surface area contributed by atoms with Gasteiger partial charge in [-0.15, -0.1) is 0 Å². The zero-order valence-corrected chi connectivity index (χ0v) is 13.5. The van der Waals surface area contributed by atoms with Crippen LogP contribution in [0.2, 0.25) is 0 Å². The van der Waals surface area contributed by atoms with Gasteiger partial charge in [-0.25, -0.2) is 0 Å². The third-order valence-electron chi connectivity index (χ3n) is 4.40. The summed E-state index contributed by atoms with van der Waals surface area (Å²) < 4.78 is 0. The molecular formula is C15H29Br. The molecule has 0 saturated heterocycles. The van der Waals surface area contributed by atoms with E-state index in [9.17, 15) is 0 Å². The van der Waals surface area contributed by atoms with Crippen LogP contribution < -0.4 is 0 Å². The van der Waals surface area contributed by atoms with E-state index in [-0.39, 0.29) is 0 Å². The average Bonchev–Trinajstić information content (AvgIpc) is 2.14. The van der Waals surface area contributed by atoms with Gasteiger partial charge in [0.05, 0.1) is 0 Å².